The third-order valence-corrected chi connectivity index (χ3v) is 7.77. The average molecular weight is 488 g/mol. The number of nitrogens with one attached hydrogen (secondary N) is 1. The van der Waals surface area contributed by atoms with E-state index < -0.39 is 0 Å². The van der Waals surface area contributed by atoms with Crippen molar-refractivity contribution in [3.63, 3.8) is 0 Å². The fourth-order valence-corrected chi connectivity index (χ4v) is 5.82. The Bertz CT molecular complexity index is 1260. The lowest BCUT2D eigenvalue weighted by atomic mass is 9.85. The Kier molecular flexibility index (Phi) is 6.40. The van der Waals surface area contributed by atoms with Gasteiger partial charge in [0.15, 0.2) is 11.5 Å². The number of ketones is 1. The zero-order chi connectivity index (χ0) is 24.5. The Morgan fingerprint density at radius 3 is 2.83 bits per heavy atom. The molecule has 6 rings (SSSR count). The van der Waals surface area contributed by atoms with Crippen molar-refractivity contribution < 1.29 is 19.0 Å². The van der Waals surface area contributed by atoms with E-state index in [0.717, 1.165) is 59.0 Å². The van der Waals surface area contributed by atoms with Crippen molar-refractivity contribution in [1.82, 2.24) is 10.3 Å². The number of rotatable bonds is 6. The van der Waals surface area contributed by atoms with Gasteiger partial charge in [-0.15, -0.1) is 0 Å². The molecule has 0 unspecified atom stereocenters. The summed E-state index contributed by atoms with van der Waals surface area (Å²) in [5.74, 6) is 3.37. The normalized spacial score (nSPS) is 21.4. The number of aromatic nitrogens is 1. The third-order valence-electron chi connectivity index (χ3n) is 7.77. The first-order chi connectivity index (χ1) is 17.7. The molecule has 7 heteroatoms. The number of hydrogen-bond donors (Lipinski definition) is 1. The molecule has 3 aromatic rings. The van der Waals surface area contributed by atoms with Gasteiger partial charge in [-0.1, -0.05) is 12.1 Å². The van der Waals surface area contributed by atoms with E-state index in [1.807, 2.05) is 24.4 Å². The summed E-state index contributed by atoms with van der Waals surface area (Å²) >= 11 is 0. The number of carbonyl (C=O) groups is 1. The minimum atomic E-state index is 0.150. The molecule has 1 aliphatic carbocycles. The number of hydrogen-bond acceptors (Lipinski definition) is 7. The van der Waals surface area contributed by atoms with Gasteiger partial charge in [0.1, 0.15) is 24.7 Å². The summed E-state index contributed by atoms with van der Waals surface area (Å²) in [5.41, 5.74) is 4.35. The van der Waals surface area contributed by atoms with Crippen molar-refractivity contribution in [1.29, 1.82) is 0 Å². The van der Waals surface area contributed by atoms with Crippen LogP contribution in [0.5, 0.6) is 17.2 Å². The van der Waals surface area contributed by atoms with Crippen molar-refractivity contribution in [2.75, 3.05) is 38.3 Å². The Hall–Kier alpha value is -3.32. The summed E-state index contributed by atoms with van der Waals surface area (Å²) in [7, 11) is 1.70. The Balaban J connectivity index is 1.07. The van der Waals surface area contributed by atoms with Crippen molar-refractivity contribution in [3.8, 4) is 17.2 Å². The monoisotopic (exact) mass is 487 g/mol. The summed E-state index contributed by atoms with van der Waals surface area (Å²) in [6.07, 6.45) is 7.13. The second-order valence-electron chi connectivity index (χ2n) is 10.2. The second kappa shape index (κ2) is 9.97. The number of benzene rings is 2. The van der Waals surface area contributed by atoms with Crippen LogP contribution in [0.4, 0.5) is 5.69 Å². The highest BCUT2D eigenvalue weighted by Crippen LogP contribution is 2.40. The van der Waals surface area contributed by atoms with Gasteiger partial charge < -0.3 is 24.4 Å². The van der Waals surface area contributed by atoms with E-state index in [9.17, 15) is 4.79 Å². The fraction of sp³-hybridized carbons (Fsp3) is 0.448. The number of nitrogens with zero attached hydrogens (tertiary/aromatic N) is 2. The number of Topliss-reactive ketones (excluding diaryl/α,β-unsaturated/α-hetero) is 1. The lowest BCUT2D eigenvalue weighted by Gasteiger charge is -2.37. The van der Waals surface area contributed by atoms with Gasteiger partial charge in [-0.2, -0.15) is 0 Å². The molecule has 0 radical (unpaired) electrons. The van der Waals surface area contributed by atoms with Crippen LogP contribution in [0, 0.1) is 5.92 Å². The van der Waals surface area contributed by atoms with Gasteiger partial charge in [0.2, 0.25) is 0 Å². The molecule has 7 nitrogen and oxygen atoms in total. The van der Waals surface area contributed by atoms with Crippen molar-refractivity contribution in [2.24, 2.45) is 5.92 Å². The van der Waals surface area contributed by atoms with Gasteiger partial charge in [0.25, 0.3) is 0 Å². The van der Waals surface area contributed by atoms with Crippen LogP contribution in [0.25, 0.3) is 10.9 Å². The molecule has 1 saturated carbocycles. The highest BCUT2D eigenvalue weighted by atomic mass is 16.5. The minimum absolute atomic E-state index is 0.150. The predicted molar refractivity (Wildman–Crippen MR) is 139 cm³/mol. The molecule has 1 fully saturated rings. The van der Waals surface area contributed by atoms with Crippen LogP contribution < -0.4 is 24.4 Å². The molecule has 36 heavy (non-hydrogen) atoms. The van der Waals surface area contributed by atoms with E-state index >= 15 is 0 Å². The Labute approximate surface area is 211 Å². The Morgan fingerprint density at radius 2 is 1.97 bits per heavy atom. The molecule has 188 valence electrons. The summed E-state index contributed by atoms with van der Waals surface area (Å²) in [6.45, 7) is 3.66. The van der Waals surface area contributed by atoms with Crippen LogP contribution in [0.1, 0.15) is 36.8 Å². The number of fused-ring (bicyclic) bond motifs is 4. The lowest BCUT2D eigenvalue weighted by molar-refractivity contribution is -0.121. The molecular formula is C29H33N3O4. The minimum Gasteiger partial charge on any atom is -0.497 e. The molecule has 3 heterocycles. The van der Waals surface area contributed by atoms with Gasteiger partial charge in [-0.25, -0.2) is 0 Å². The van der Waals surface area contributed by atoms with Gasteiger partial charge in [-0.3, -0.25) is 9.78 Å². The standard InChI is InChI=1S/C29H33N3O4/c1-34-24-7-8-26-25(14-24)29-28(16-31-26)35-11-10-32(29)17-19-2-5-22(6-3-19)30-15-20-4-9-27-21(12-20)13-23(33)18-36-27/h4,7-9,12,14,16,19,22,30H,2-3,5-6,10-11,13,15,17-18H2,1H3. The summed E-state index contributed by atoms with van der Waals surface area (Å²) in [6, 6.07) is 12.8. The van der Waals surface area contributed by atoms with Crippen LogP contribution in [0.3, 0.4) is 0 Å². The number of carbonyl (C=O) groups excluding carboxylic acids is 1. The topological polar surface area (TPSA) is 72.9 Å². The summed E-state index contributed by atoms with van der Waals surface area (Å²) < 4.78 is 17.0. The smallest absolute Gasteiger partial charge is 0.174 e. The van der Waals surface area contributed by atoms with Crippen LogP contribution in [-0.2, 0) is 17.8 Å². The first-order valence-corrected chi connectivity index (χ1v) is 13.0. The molecule has 0 atom stereocenters. The Morgan fingerprint density at radius 1 is 1.08 bits per heavy atom. The first kappa shape index (κ1) is 23.1. The molecule has 0 bridgehead atoms. The maximum Gasteiger partial charge on any atom is 0.174 e. The molecule has 1 N–H and O–H groups in total. The van der Waals surface area contributed by atoms with Crippen LogP contribution >= 0.6 is 0 Å². The lowest BCUT2D eigenvalue weighted by Crippen LogP contribution is -2.40. The van der Waals surface area contributed by atoms with E-state index in [4.69, 9.17) is 14.2 Å². The molecular weight excluding hydrogens is 454 g/mol. The largest absolute Gasteiger partial charge is 0.497 e. The van der Waals surface area contributed by atoms with Gasteiger partial charge >= 0.3 is 0 Å². The predicted octanol–water partition coefficient (Wildman–Crippen LogP) is 4.29. The number of ether oxygens (including phenoxy) is 3. The maximum absolute atomic E-state index is 11.7. The molecule has 3 aliphatic rings. The van der Waals surface area contributed by atoms with Crippen LogP contribution in [0.2, 0.25) is 0 Å². The highest BCUT2D eigenvalue weighted by Gasteiger charge is 2.27. The molecule has 0 saturated heterocycles. The molecule has 0 amide bonds. The van der Waals surface area contributed by atoms with E-state index in [-0.39, 0.29) is 12.4 Å². The SMILES string of the molecule is COc1ccc2ncc3c(c2c1)N(CC1CCC(NCc2ccc4c(c2)CC(=O)CO4)CC1)CCO3. The zero-order valence-electron chi connectivity index (χ0n) is 20.8. The van der Waals surface area contributed by atoms with Gasteiger partial charge in [-0.05, 0) is 61.4 Å². The second-order valence-corrected chi connectivity index (χ2v) is 10.2. The quantitative estimate of drug-likeness (QED) is 0.556. The van der Waals surface area contributed by atoms with Crippen LogP contribution in [-0.4, -0.2) is 50.2 Å². The maximum atomic E-state index is 11.7. The fourth-order valence-electron chi connectivity index (χ4n) is 5.82. The van der Waals surface area contributed by atoms with E-state index in [1.165, 1.54) is 31.2 Å². The van der Waals surface area contributed by atoms with E-state index in [0.29, 0.717) is 25.0 Å². The molecule has 2 aromatic carbocycles. The van der Waals surface area contributed by atoms with E-state index in [2.05, 4.69) is 33.4 Å². The van der Waals surface area contributed by atoms with Crippen molar-refractivity contribution in [3.05, 3.63) is 53.7 Å². The van der Waals surface area contributed by atoms with Gasteiger partial charge in [0, 0.05) is 36.5 Å². The zero-order valence-corrected chi connectivity index (χ0v) is 20.8. The third kappa shape index (κ3) is 4.72. The van der Waals surface area contributed by atoms with Crippen LogP contribution in [0.15, 0.2) is 42.6 Å². The number of methoxy groups -OCH3 is 1. The first-order valence-electron chi connectivity index (χ1n) is 13.0. The van der Waals surface area contributed by atoms with Crippen molar-refractivity contribution in [2.45, 2.75) is 44.7 Å². The van der Waals surface area contributed by atoms with Crippen molar-refractivity contribution >= 4 is 22.4 Å². The molecule has 1 aromatic heterocycles. The van der Waals surface area contributed by atoms with E-state index in [1.54, 1.807) is 7.11 Å². The highest BCUT2D eigenvalue weighted by molar-refractivity contribution is 5.96. The summed E-state index contributed by atoms with van der Waals surface area (Å²) in [4.78, 5) is 18.8. The molecule has 0 spiro atoms. The average Bonchev–Trinajstić information content (AvgIpc) is 2.92. The molecule has 2 aliphatic heterocycles. The number of anilines is 1. The number of pyridine rings is 1. The van der Waals surface area contributed by atoms with Gasteiger partial charge in [0.05, 0.1) is 31.1 Å². The summed E-state index contributed by atoms with van der Waals surface area (Å²) in [5, 5.41) is 4.85.